The van der Waals surface area contributed by atoms with Crippen molar-refractivity contribution in [2.45, 2.75) is 51.1 Å². The van der Waals surface area contributed by atoms with Gasteiger partial charge in [-0.25, -0.2) is 8.42 Å². The van der Waals surface area contributed by atoms with Gasteiger partial charge in [0.15, 0.2) is 0 Å². The minimum Gasteiger partial charge on any atom is -0.497 e. The molecule has 10 nitrogen and oxygen atoms in total. The maximum atomic E-state index is 14.2. The third-order valence-corrected chi connectivity index (χ3v) is 8.80. The van der Waals surface area contributed by atoms with Crippen LogP contribution in [0, 0.1) is 6.92 Å². The van der Waals surface area contributed by atoms with E-state index in [0.717, 1.165) is 22.7 Å². The molecule has 0 aliphatic carbocycles. The SMILES string of the molecule is CCCCNC(=O)[C@@H](C)N(Cc1cccc(OC)c1)C(=O)CN(c1cc(OC)ccc1OC)S(=O)(=O)c1ccc(C)cc1. The van der Waals surface area contributed by atoms with Crippen LogP contribution in [0.5, 0.6) is 17.2 Å². The Morgan fingerprint density at radius 2 is 1.58 bits per heavy atom. The second-order valence-corrected chi connectivity index (χ2v) is 11.9. The number of hydrogen-bond donors (Lipinski definition) is 1. The lowest BCUT2D eigenvalue weighted by molar-refractivity contribution is -0.139. The van der Waals surface area contributed by atoms with E-state index >= 15 is 0 Å². The minimum atomic E-state index is -4.27. The first-order valence-corrected chi connectivity index (χ1v) is 15.5. The van der Waals surface area contributed by atoms with Crippen LogP contribution in [0.15, 0.2) is 71.6 Å². The van der Waals surface area contributed by atoms with E-state index in [2.05, 4.69) is 5.32 Å². The summed E-state index contributed by atoms with van der Waals surface area (Å²) in [6, 6.07) is 17.3. The number of methoxy groups -OCH3 is 3. The quantitative estimate of drug-likeness (QED) is 0.251. The predicted molar refractivity (Wildman–Crippen MR) is 166 cm³/mol. The lowest BCUT2D eigenvalue weighted by atomic mass is 10.1. The van der Waals surface area contributed by atoms with Crippen molar-refractivity contribution in [3.8, 4) is 17.2 Å². The van der Waals surface area contributed by atoms with E-state index in [0.29, 0.717) is 23.6 Å². The Bertz CT molecular complexity index is 1490. The normalized spacial score (nSPS) is 11.8. The Hall–Kier alpha value is -4.25. The number of carbonyl (C=O) groups excluding carboxylic acids is 2. The molecule has 0 heterocycles. The molecule has 3 rings (SSSR count). The van der Waals surface area contributed by atoms with Crippen LogP contribution in [0.3, 0.4) is 0 Å². The molecule has 0 saturated heterocycles. The van der Waals surface area contributed by atoms with Gasteiger partial charge in [-0.1, -0.05) is 43.2 Å². The van der Waals surface area contributed by atoms with Crippen LogP contribution in [0.4, 0.5) is 5.69 Å². The second kappa shape index (κ2) is 15.3. The molecule has 0 fully saturated rings. The van der Waals surface area contributed by atoms with Crippen LogP contribution in [-0.2, 0) is 26.2 Å². The Balaban J connectivity index is 2.10. The molecule has 0 aliphatic rings. The van der Waals surface area contributed by atoms with Crippen LogP contribution in [0.2, 0.25) is 0 Å². The number of benzene rings is 3. The molecule has 1 N–H and O–H groups in total. The van der Waals surface area contributed by atoms with Crippen molar-refractivity contribution in [2.24, 2.45) is 0 Å². The fourth-order valence-corrected chi connectivity index (χ4v) is 5.85. The lowest BCUT2D eigenvalue weighted by Gasteiger charge is -2.32. The molecular formula is C32H41N3O7S. The van der Waals surface area contributed by atoms with Gasteiger partial charge in [-0.05, 0) is 62.2 Å². The number of anilines is 1. The summed E-state index contributed by atoms with van der Waals surface area (Å²) in [6.45, 7) is 5.42. The van der Waals surface area contributed by atoms with Gasteiger partial charge >= 0.3 is 0 Å². The van der Waals surface area contributed by atoms with E-state index in [4.69, 9.17) is 14.2 Å². The summed E-state index contributed by atoms with van der Waals surface area (Å²) in [5.74, 6) is 0.283. The maximum Gasteiger partial charge on any atom is 0.264 e. The summed E-state index contributed by atoms with van der Waals surface area (Å²) in [4.78, 5) is 28.7. The van der Waals surface area contributed by atoms with Crippen LogP contribution < -0.4 is 23.8 Å². The van der Waals surface area contributed by atoms with Crippen molar-refractivity contribution in [1.82, 2.24) is 10.2 Å². The zero-order valence-corrected chi connectivity index (χ0v) is 26.4. The number of aryl methyl sites for hydroxylation is 1. The van der Waals surface area contributed by atoms with E-state index in [1.165, 1.54) is 37.3 Å². The zero-order chi connectivity index (χ0) is 31.6. The Labute approximate surface area is 254 Å². The van der Waals surface area contributed by atoms with Crippen molar-refractivity contribution < 1.29 is 32.2 Å². The van der Waals surface area contributed by atoms with Gasteiger partial charge in [0, 0.05) is 19.2 Å². The number of unbranched alkanes of at least 4 members (excludes halogenated alkanes) is 1. The van der Waals surface area contributed by atoms with Crippen molar-refractivity contribution in [3.05, 3.63) is 77.9 Å². The molecule has 3 aromatic rings. The second-order valence-electron chi connectivity index (χ2n) is 10.1. The van der Waals surface area contributed by atoms with Crippen molar-refractivity contribution >= 4 is 27.5 Å². The van der Waals surface area contributed by atoms with Crippen LogP contribution in [0.1, 0.15) is 37.8 Å². The molecule has 232 valence electrons. The number of sulfonamides is 1. The molecular weight excluding hydrogens is 570 g/mol. The number of nitrogens with one attached hydrogen (secondary N) is 1. The first-order valence-electron chi connectivity index (χ1n) is 14.1. The van der Waals surface area contributed by atoms with E-state index in [1.54, 1.807) is 56.5 Å². The van der Waals surface area contributed by atoms with Gasteiger partial charge in [0.2, 0.25) is 11.8 Å². The molecule has 0 saturated carbocycles. The van der Waals surface area contributed by atoms with Crippen molar-refractivity contribution in [3.63, 3.8) is 0 Å². The summed E-state index contributed by atoms with van der Waals surface area (Å²) in [7, 11) is 0.149. The summed E-state index contributed by atoms with van der Waals surface area (Å²) in [5.41, 5.74) is 1.72. The van der Waals surface area contributed by atoms with Gasteiger partial charge in [0.25, 0.3) is 10.0 Å². The highest BCUT2D eigenvalue weighted by atomic mass is 32.2. The fraction of sp³-hybridized carbons (Fsp3) is 0.375. The van der Waals surface area contributed by atoms with E-state index in [1.807, 2.05) is 19.9 Å². The Kier molecular flexibility index (Phi) is 11.8. The molecule has 0 spiro atoms. The van der Waals surface area contributed by atoms with E-state index in [-0.39, 0.29) is 28.8 Å². The topological polar surface area (TPSA) is 114 Å². The molecule has 0 radical (unpaired) electrons. The van der Waals surface area contributed by atoms with Gasteiger partial charge in [-0.15, -0.1) is 0 Å². The van der Waals surface area contributed by atoms with Crippen LogP contribution in [-0.4, -0.2) is 65.6 Å². The standard InChI is InChI=1S/C32H41N3O7S/c1-7-8-18-33-32(37)24(3)34(21-25-10-9-11-26(19-25)40-4)31(36)22-35(29-20-27(41-5)14-17-30(29)42-6)43(38,39)28-15-12-23(2)13-16-28/h9-17,19-20,24H,7-8,18,21-22H2,1-6H3,(H,33,37)/t24-/m1/s1. The third-order valence-electron chi connectivity index (χ3n) is 7.03. The van der Waals surface area contributed by atoms with Gasteiger partial charge in [0.1, 0.15) is 29.8 Å². The highest BCUT2D eigenvalue weighted by Crippen LogP contribution is 2.36. The molecule has 2 amide bonds. The molecule has 43 heavy (non-hydrogen) atoms. The van der Waals surface area contributed by atoms with Gasteiger partial charge in [-0.3, -0.25) is 13.9 Å². The smallest absolute Gasteiger partial charge is 0.264 e. The summed E-state index contributed by atoms with van der Waals surface area (Å²) >= 11 is 0. The van der Waals surface area contributed by atoms with Gasteiger partial charge in [-0.2, -0.15) is 0 Å². The summed E-state index contributed by atoms with van der Waals surface area (Å²) in [5, 5.41) is 2.88. The number of amides is 2. The van der Waals surface area contributed by atoms with E-state index < -0.39 is 28.5 Å². The molecule has 0 aromatic heterocycles. The number of rotatable bonds is 15. The number of hydrogen-bond acceptors (Lipinski definition) is 7. The third kappa shape index (κ3) is 8.41. The van der Waals surface area contributed by atoms with Crippen molar-refractivity contribution in [2.75, 3.05) is 38.7 Å². The average molecular weight is 612 g/mol. The van der Waals surface area contributed by atoms with Crippen LogP contribution in [0.25, 0.3) is 0 Å². The first kappa shape index (κ1) is 33.3. The Morgan fingerprint density at radius 1 is 0.907 bits per heavy atom. The molecule has 3 aromatic carbocycles. The summed E-state index contributed by atoms with van der Waals surface area (Å²) < 4.78 is 45.5. The number of carbonyl (C=O) groups is 2. The van der Waals surface area contributed by atoms with Crippen molar-refractivity contribution in [1.29, 1.82) is 0 Å². The fourth-order valence-electron chi connectivity index (χ4n) is 4.43. The molecule has 0 unspecified atom stereocenters. The number of ether oxygens (including phenoxy) is 3. The van der Waals surface area contributed by atoms with Gasteiger partial charge < -0.3 is 24.4 Å². The molecule has 1 atom stereocenters. The first-order chi connectivity index (χ1) is 20.5. The highest BCUT2D eigenvalue weighted by molar-refractivity contribution is 7.92. The predicted octanol–water partition coefficient (Wildman–Crippen LogP) is 4.55. The average Bonchev–Trinajstić information content (AvgIpc) is 3.01. The van der Waals surface area contributed by atoms with Gasteiger partial charge in [0.05, 0.1) is 31.9 Å². The summed E-state index contributed by atoms with van der Waals surface area (Å²) in [6.07, 6.45) is 1.69. The maximum absolute atomic E-state index is 14.2. The van der Waals surface area contributed by atoms with Crippen LogP contribution >= 0.6 is 0 Å². The molecule has 0 aliphatic heterocycles. The zero-order valence-electron chi connectivity index (χ0n) is 25.6. The molecule has 11 heteroatoms. The lowest BCUT2D eigenvalue weighted by Crippen LogP contribution is -2.51. The minimum absolute atomic E-state index is 0.000441. The molecule has 0 bridgehead atoms. The Morgan fingerprint density at radius 3 is 2.21 bits per heavy atom. The number of nitrogens with zero attached hydrogens (tertiary/aromatic N) is 2. The largest absolute Gasteiger partial charge is 0.497 e. The van der Waals surface area contributed by atoms with E-state index in [9.17, 15) is 18.0 Å². The highest BCUT2D eigenvalue weighted by Gasteiger charge is 2.34. The monoisotopic (exact) mass is 611 g/mol.